The first-order valence-electron chi connectivity index (χ1n) is 9.74. The minimum absolute atomic E-state index is 0. The molecule has 174 valence electrons. The van der Waals surface area contributed by atoms with Gasteiger partial charge in [0.15, 0.2) is 0 Å². The summed E-state index contributed by atoms with van der Waals surface area (Å²) >= 11 is 0. The van der Waals surface area contributed by atoms with Gasteiger partial charge >= 0.3 is 0 Å². The standard InChI is InChI=1S/C20H33N5O2.3ClH/c1-16(2)19(21)20(27)23-14-18(26)22-8-9-24-10-12-25(13-11-24)15-17-6-4-3-5-7-17;;;/h3-7,16,19H,8-15,21H2,1-2H3,(H,22,26)(H,23,27);3*1H/t19-;;;/m0.../s1. The van der Waals surface area contributed by atoms with E-state index in [0.29, 0.717) is 6.54 Å². The van der Waals surface area contributed by atoms with E-state index < -0.39 is 6.04 Å². The first-order valence-corrected chi connectivity index (χ1v) is 9.74. The van der Waals surface area contributed by atoms with Crippen LogP contribution in [0.5, 0.6) is 0 Å². The van der Waals surface area contributed by atoms with Gasteiger partial charge in [-0.25, -0.2) is 0 Å². The number of amides is 2. The molecule has 7 nitrogen and oxygen atoms in total. The summed E-state index contributed by atoms with van der Waals surface area (Å²) in [6, 6.07) is 9.94. The largest absolute Gasteiger partial charge is 0.353 e. The molecule has 10 heteroatoms. The van der Waals surface area contributed by atoms with Gasteiger partial charge in [-0.3, -0.25) is 19.4 Å². The molecule has 1 fully saturated rings. The summed E-state index contributed by atoms with van der Waals surface area (Å²) in [7, 11) is 0. The van der Waals surface area contributed by atoms with Gasteiger partial charge in [0.2, 0.25) is 11.8 Å². The van der Waals surface area contributed by atoms with Gasteiger partial charge in [0.05, 0.1) is 12.6 Å². The molecule has 1 aromatic rings. The van der Waals surface area contributed by atoms with Crippen LogP contribution in [0.1, 0.15) is 19.4 Å². The molecule has 0 saturated carbocycles. The predicted octanol–water partition coefficient (Wildman–Crippen LogP) is 1.29. The molecule has 0 spiro atoms. The van der Waals surface area contributed by atoms with Gasteiger partial charge in [-0.1, -0.05) is 44.2 Å². The van der Waals surface area contributed by atoms with E-state index in [1.807, 2.05) is 19.9 Å². The van der Waals surface area contributed by atoms with Gasteiger partial charge in [0.1, 0.15) is 0 Å². The van der Waals surface area contributed by atoms with Gasteiger partial charge in [-0.2, -0.15) is 0 Å². The Morgan fingerprint density at radius 1 is 0.967 bits per heavy atom. The van der Waals surface area contributed by atoms with Crippen LogP contribution < -0.4 is 16.4 Å². The van der Waals surface area contributed by atoms with Crippen molar-refractivity contribution in [3.63, 3.8) is 0 Å². The zero-order valence-corrected chi connectivity index (χ0v) is 20.2. The van der Waals surface area contributed by atoms with Crippen molar-refractivity contribution < 1.29 is 9.59 Å². The van der Waals surface area contributed by atoms with Crippen molar-refractivity contribution in [3.05, 3.63) is 35.9 Å². The minimum Gasteiger partial charge on any atom is -0.353 e. The second-order valence-electron chi connectivity index (χ2n) is 7.44. The number of nitrogens with two attached hydrogens (primary N) is 1. The van der Waals surface area contributed by atoms with Gasteiger partial charge in [0, 0.05) is 45.8 Å². The third-order valence-corrected chi connectivity index (χ3v) is 4.91. The third kappa shape index (κ3) is 11.3. The van der Waals surface area contributed by atoms with Crippen LogP contribution in [-0.4, -0.2) is 73.5 Å². The van der Waals surface area contributed by atoms with Crippen molar-refractivity contribution in [1.82, 2.24) is 20.4 Å². The molecule has 1 aromatic carbocycles. The van der Waals surface area contributed by atoms with Crippen LogP contribution in [0.2, 0.25) is 0 Å². The van der Waals surface area contributed by atoms with E-state index in [-0.39, 0.29) is 61.5 Å². The van der Waals surface area contributed by atoms with E-state index in [0.717, 1.165) is 39.3 Å². The summed E-state index contributed by atoms with van der Waals surface area (Å²) < 4.78 is 0. The van der Waals surface area contributed by atoms with Gasteiger partial charge in [0.25, 0.3) is 0 Å². The molecular formula is C20H36Cl3N5O2. The molecule has 4 N–H and O–H groups in total. The molecule has 0 aromatic heterocycles. The number of benzene rings is 1. The number of carbonyl (C=O) groups is 2. The lowest BCUT2D eigenvalue weighted by Gasteiger charge is -2.34. The average molecular weight is 485 g/mol. The number of carbonyl (C=O) groups excluding carboxylic acids is 2. The van der Waals surface area contributed by atoms with Crippen LogP contribution in [-0.2, 0) is 16.1 Å². The fourth-order valence-corrected chi connectivity index (χ4v) is 3.02. The molecule has 0 unspecified atom stereocenters. The van der Waals surface area contributed by atoms with E-state index in [1.165, 1.54) is 5.56 Å². The topological polar surface area (TPSA) is 90.7 Å². The van der Waals surface area contributed by atoms with Gasteiger partial charge in [-0.05, 0) is 11.5 Å². The fourth-order valence-electron chi connectivity index (χ4n) is 3.02. The molecular weight excluding hydrogens is 449 g/mol. The molecule has 1 saturated heterocycles. The Labute approximate surface area is 198 Å². The number of rotatable bonds is 9. The van der Waals surface area contributed by atoms with Crippen LogP contribution in [0, 0.1) is 5.92 Å². The van der Waals surface area contributed by atoms with Crippen LogP contribution in [0.15, 0.2) is 30.3 Å². The Morgan fingerprint density at radius 2 is 1.53 bits per heavy atom. The molecule has 30 heavy (non-hydrogen) atoms. The molecule has 0 aliphatic carbocycles. The van der Waals surface area contributed by atoms with Crippen molar-refractivity contribution in [3.8, 4) is 0 Å². The van der Waals surface area contributed by atoms with Crippen LogP contribution >= 0.6 is 37.2 Å². The summed E-state index contributed by atoms with van der Waals surface area (Å²) in [6.45, 7) is 10.2. The number of hydrogen-bond donors (Lipinski definition) is 3. The van der Waals surface area contributed by atoms with Crippen molar-refractivity contribution in [2.45, 2.75) is 26.4 Å². The van der Waals surface area contributed by atoms with E-state index in [1.54, 1.807) is 0 Å². The lowest BCUT2D eigenvalue weighted by Crippen LogP contribution is -2.49. The number of nitrogens with zero attached hydrogens (tertiary/aromatic N) is 2. The highest BCUT2D eigenvalue weighted by Crippen LogP contribution is 2.07. The maximum Gasteiger partial charge on any atom is 0.239 e. The summed E-state index contributed by atoms with van der Waals surface area (Å²) in [5.41, 5.74) is 7.09. The molecule has 1 aliphatic rings. The lowest BCUT2D eigenvalue weighted by atomic mass is 10.1. The van der Waals surface area contributed by atoms with Crippen LogP contribution in [0.3, 0.4) is 0 Å². The second kappa shape index (κ2) is 16.6. The van der Waals surface area contributed by atoms with Crippen molar-refractivity contribution in [1.29, 1.82) is 0 Å². The molecule has 2 rings (SSSR count). The lowest BCUT2D eigenvalue weighted by molar-refractivity contribution is -0.127. The third-order valence-electron chi connectivity index (χ3n) is 4.91. The van der Waals surface area contributed by atoms with Crippen molar-refractivity contribution in [2.24, 2.45) is 11.7 Å². The Kier molecular flexibility index (Phi) is 17.2. The summed E-state index contributed by atoms with van der Waals surface area (Å²) in [5, 5.41) is 5.44. The van der Waals surface area contributed by atoms with E-state index in [9.17, 15) is 9.59 Å². The molecule has 0 bridgehead atoms. The molecule has 2 amide bonds. The van der Waals surface area contributed by atoms with E-state index in [4.69, 9.17) is 5.73 Å². The monoisotopic (exact) mass is 483 g/mol. The number of nitrogens with one attached hydrogen (secondary N) is 2. The van der Waals surface area contributed by atoms with E-state index in [2.05, 4.69) is 44.7 Å². The first-order chi connectivity index (χ1) is 13.0. The fraction of sp³-hybridized carbons (Fsp3) is 0.600. The maximum absolute atomic E-state index is 11.8. The quantitative estimate of drug-likeness (QED) is 0.491. The molecule has 0 radical (unpaired) electrons. The highest BCUT2D eigenvalue weighted by Gasteiger charge is 2.18. The SMILES string of the molecule is CC(C)[C@H](N)C(=O)NCC(=O)NCCN1CCN(Cc2ccccc2)CC1.Cl.Cl.Cl. The summed E-state index contributed by atoms with van der Waals surface area (Å²) in [5.74, 6) is -0.412. The van der Waals surface area contributed by atoms with Gasteiger partial charge in [-0.15, -0.1) is 37.2 Å². The molecule has 1 atom stereocenters. The summed E-state index contributed by atoms with van der Waals surface area (Å²) in [4.78, 5) is 28.4. The Bertz CT molecular complexity index is 599. The highest BCUT2D eigenvalue weighted by atomic mass is 35.5. The molecule has 1 aliphatic heterocycles. The first kappa shape index (κ1) is 31.1. The Balaban J connectivity index is 0. The highest BCUT2D eigenvalue weighted by molar-refractivity contribution is 5.87. The average Bonchev–Trinajstić information content (AvgIpc) is 2.67. The van der Waals surface area contributed by atoms with Crippen LogP contribution in [0.25, 0.3) is 0 Å². The van der Waals surface area contributed by atoms with Gasteiger partial charge < -0.3 is 16.4 Å². The normalized spacial score (nSPS) is 15.2. The second-order valence-corrected chi connectivity index (χ2v) is 7.44. The summed E-state index contributed by atoms with van der Waals surface area (Å²) in [6.07, 6.45) is 0. The zero-order chi connectivity index (χ0) is 19.6. The maximum atomic E-state index is 11.8. The van der Waals surface area contributed by atoms with Crippen molar-refractivity contribution in [2.75, 3.05) is 45.8 Å². The smallest absolute Gasteiger partial charge is 0.239 e. The van der Waals surface area contributed by atoms with Crippen molar-refractivity contribution >= 4 is 49.0 Å². The Hall–Kier alpha value is -1.09. The minimum atomic E-state index is -0.579. The van der Waals surface area contributed by atoms with Crippen LogP contribution in [0.4, 0.5) is 0 Å². The number of halogens is 3. The zero-order valence-electron chi connectivity index (χ0n) is 17.7. The number of piperazine rings is 1. The Morgan fingerprint density at radius 3 is 2.10 bits per heavy atom. The van der Waals surface area contributed by atoms with E-state index >= 15 is 0 Å². The molecule has 1 heterocycles. The number of hydrogen-bond acceptors (Lipinski definition) is 5. The predicted molar refractivity (Wildman–Crippen MR) is 129 cm³/mol.